The van der Waals surface area contributed by atoms with Crippen LogP contribution in [0.4, 0.5) is 0 Å². The van der Waals surface area contributed by atoms with Gasteiger partial charge in [-0.05, 0) is 44.7 Å². The van der Waals surface area contributed by atoms with Gasteiger partial charge in [-0.3, -0.25) is 0 Å². The third-order valence-corrected chi connectivity index (χ3v) is 4.17. The van der Waals surface area contributed by atoms with Gasteiger partial charge in [-0.15, -0.1) is 0 Å². The van der Waals surface area contributed by atoms with Gasteiger partial charge in [0.1, 0.15) is 11.5 Å². The molecule has 0 aromatic carbocycles. The molecule has 0 bridgehead atoms. The first-order chi connectivity index (χ1) is 7.38. The Hall–Kier alpha value is -0.226. The van der Waals surface area contributed by atoms with Crippen molar-refractivity contribution in [2.75, 3.05) is 0 Å². The molecule has 17 heavy (non-hydrogen) atoms. The van der Waals surface area contributed by atoms with E-state index in [4.69, 9.17) is 8.85 Å². The minimum atomic E-state index is -1.52. The largest absolute Gasteiger partial charge is 0.545 e. The summed E-state index contributed by atoms with van der Waals surface area (Å²) in [5, 5.41) is 0. The molecule has 0 N–H and O–H groups in total. The van der Waals surface area contributed by atoms with Crippen molar-refractivity contribution in [1.29, 1.82) is 0 Å². The molecule has 0 fully saturated rings. The molecule has 4 heteroatoms. The first-order valence-electron chi connectivity index (χ1n) is 6.48. The zero-order chi connectivity index (χ0) is 13.5. The molecular weight excluding hydrogens is 244 g/mol. The van der Waals surface area contributed by atoms with Crippen LogP contribution < -0.4 is 0 Å². The molecule has 0 aliphatic heterocycles. The van der Waals surface area contributed by atoms with Gasteiger partial charge in [-0.1, -0.05) is 13.8 Å². The predicted octanol–water partition coefficient (Wildman–Crippen LogP) is 4.72. The Morgan fingerprint density at radius 1 is 0.765 bits per heavy atom. The molecule has 0 aromatic rings. The van der Waals surface area contributed by atoms with Crippen molar-refractivity contribution >= 4 is 16.6 Å². The van der Waals surface area contributed by atoms with E-state index in [9.17, 15) is 0 Å². The first kappa shape index (κ1) is 14.8. The second-order valence-corrected chi connectivity index (χ2v) is 16.7. The van der Waals surface area contributed by atoms with Crippen LogP contribution in [-0.4, -0.2) is 16.6 Å². The van der Waals surface area contributed by atoms with E-state index < -0.39 is 16.6 Å². The minimum absolute atomic E-state index is 0.296. The molecule has 1 aliphatic rings. The Balaban J connectivity index is 2.88. The number of hydrogen-bond acceptors (Lipinski definition) is 2. The number of allylic oxidation sites excluding steroid dienone is 2. The van der Waals surface area contributed by atoms with Crippen LogP contribution in [0.5, 0.6) is 0 Å². The number of rotatable bonds is 4. The van der Waals surface area contributed by atoms with E-state index in [-0.39, 0.29) is 0 Å². The zero-order valence-electron chi connectivity index (χ0n) is 12.7. The van der Waals surface area contributed by atoms with Gasteiger partial charge in [-0.25, -0.2) is 0 Å². The summed E-state index contributed by atoms with van der Waals surface area (Å²) < 4.78 is 12.4. The molecule has 1 aliphatic carbocycles. The maximum absolute atomic E-state index is 6.21. The van der Waals surface area contributed by atoms with E-state index in [0.29, 0.717) is 5.41 Å². The average Bonchev–Trinajstić information content (AvgIpc) is 2.17. The van der Waals surface area contributed by atoms with Gasteiger partial charge < -0.3 is 8.85 Å². The zero-order valence-corrected chi connectivity index (χ0v) is 14.7. The number of hydrogen-bond donors (Lipinski definition) is 0. The van der Waals surface area contributed by atoms with E-state index in [1.807, 2.05) is 0 Å². The molecule has 0 saturated carbocycles. The third kappa shape index (κ3) is 5.29. The van der Waals surface area contributed by atoms with Crippen molar-refractivity contribution in [3.8, 4) is 0 Å². The van der Waals surface area contributed by atoms with E-state index in [2.05, 4.69) is 53.1 Å². The summed E-state index contributed by atoms with van der Waals surface area (Å²) in [7, 11) is -3.05. The second-order valence-electron chi connectivity index (χ2n) is 7.79. The fourth-order valence-electron chi connectivity index (χ4n) is 2.05. The standard InChI is InChI=1S/C13H28O2Si2/c1-13(2)9-11(14-16(3,4)5)12(10-13)15-17(6,7)8/h9-10H2,1-8H3. The second kappa shape index (κ2) is 4.46. The van der Waals surface area contributed by atoms with Crippen LogP contribution in [0.25, 0.3) is 0 Å². The molecule has 0 spiro atoms. The Morgan fingerprint density at radius 3 is 1.29 bits per heavy atom. The van der Waals surface area contributed by atoms with Crippen molar-refractivity contribution in [2.24, 2.45) is 5.41 Å². The molecule has 0 aromatic heterocycles. The highest BCUT2D eigenvalue weighted by molar-refractivity contribution is 6.70. The van der Waals surface area contributed by atoms with Gasteiger partial charge in [0.2, 0.25) is 16.6 Å². The fraction of sp³-hybridized carbons (Fsp3) is 0.846. The van der Waals surface area contributed by atoms with E-state index >= 15 is 0 Å². The highest BCUT2D eigenvalue weighted by Crippen LogP contribution is 2.43. The highest BCUT2D eigenvalue weighted by atomic mass is 28.4. The summed E-state index contributed by atoms with van der Waals surface area (Å²) in [5.41, 5.74) is 0.296. The van der Waals surface area contributed by atoms with Crippen LogP contribution in [0.1, 0.15) is 26.7 Å². The first-order valence-corrected chi connectivity index (χ1v) is 13.3. The van der Waals surface area contributed by atoms with E-state index in [1.54, 1.807) is 0 Å². The Bertz CT molecular complexity index is 289. The van der Waals surface area contributed by atoms with Crippen LogP contribution in [0.15, 0.2) is 11.5 Å². The van der Waals surface area contributed by atoms with Crippen molar-refractivity contribution in [3.05, 3.63) is 11.5 Å². The Morgan fingerprint density at radius 2 is 1.06 bits per heavy atom. The topological polar surface area (TPSA) is 18.5 Å². The lowest BCUT2D eigenvalue weighted by molar-refractivity contribution is 0.324. The van der Waals surface area contributed by atoms with Crippen LogP contribution in [0, 0.1) is 5.41 Å². The van der Waals surface area contributed by atoms with Gasteiger partial charge in [0.05, 0.1) is 0 Å². The Labute approximate surface area is 109 Å². The summed E-state index contributed by atoms with van der Waals surface area (Å²) in [6.45, 7) is 18.0. The van der Waals surface area contributed by atoms with Crippen molar-refractivity contribution in [1.82, 2.24) is 0 Å². The van der Waals surface area contributed by atoms with Gasteiger partial charge in [0.25, 0.3) is 0 Å². The molecule has 0 radical (unpaired) electrons. The predicted molar refractivity (Wildman–Crippen MR) is 78.9 cm³/mol. The minimum Gasteiger partial charge on any atom is -0.545 e. The normalized spacial score (nSPS) is 20.7. The molecule has 0 amide bonds. The quantitative estimate of drug-likeness (QED) is 0.689. The third-order valence-electron chi connectivity index (χ3n) is 2.45. The maximum atomic E-state index is 6.21. The molecule has 0 unspecified atom stereocenters. The summed E-state index contributed by atoms with van der Waals surface area (Å²) in [6.07, 6.45) is 2.05. The molecule has 0 saturated heterocycles. The highest BCUT2D eigenvalue weighted by Gasteiger charge is 2.36. The molecule has 0 atom stereocenters. The molecule has 1 rings (SSSR count). The fourth-order valence-corrected chi connectivity index (χ4v) is 3.90. The van der Waals surface area contributed by atoms with E-state index in [0.717, 1.165) is 24.4 Å². The maximum Gasteiger partial charge on any atom is 0.241 e. The van der Waals surface area contributed by atoms with Crippen molar-refractivity contribution in [3.63, 3.8) is 0 Å². The van der Waals surface area contributed by atoms with Crippen LogP contribution >= 0.6 is 0 Å². The smallest absolute Gasteiger partial charge is 0.241 e. The van der Waals surface area contributed by atoms with Gasteiger partial charge in [0.15, 0.2) is 0 Å². The lowest BCUT2D eigenvalue weighted by Crippen LogP contribution is -2.28. The SMILES string of the molecule is CC1(C)CC(O[Si](C)(C)C)=C(O[Si](C)(C)C)C1. The summed E-state index contributed by atoms with van der Waals surface area (Å²) >= 11 is 0. The lowest BCUT2D eigenvalue weighted by Gasteiger charge is -2.25. The van der Waals surface area contributed by atoms with Crippen molar-refractivity contribution in [2.45, 2.75) is 66.0 Å². The Kier molecular flexibility index (Phi) is 3.89. The van der Waals surface area contributed by atoms with Crippen molar-refractivity contribution < 1.29 is 8.85 Å². The average molecular weight is 273 g/mol. The van der Waals surface area contributed by atoms with Gasteiger partial charge in [0, 0.05) is 12.8 Å². The summed E-state index contributed by atoms with van der Waals surface area (Å²) in [6, 6.07) is 0. The van der Waals surface area contributed by atoms with Crippen LogP contribution in [0.2, 0.25) is 39.3 Å². The monoisotopic (exact) mass is 272 g/mol. The van der Waals surface area contributed by atoms with Crippen LogP contribution in [0.3, 0.4) is 0 Å². The summed E-state index contributed by atoms with van der Waals surface area (Å²) in [5.74, 6) is 2.27. The summed E-state index contributed by atoms with van der Waals surface area (Å²) in [4.78, 5) is 0. The van der Waals surface area contributed by atoms with Gasteiger partial charge >= 0.3 is 0 Å². The lowest BCUT2D eigenvalue weighted by atomic mass is 9.91. The van der Waals surface area contributed by atoms with Gasteiger partial charge in [-0.2, -0.15) is 0 Å². The van der Waals surface area contributed by atoms with Crippen LogP contribution in [-0.2, 0) is 8.85 Å². The molecular formula is C13H28O2Si2. The molecule has 2 nitrogen and oxygen atoms in total. The molecule has 100 valence electrons. The molecule has 0 heterocycles. The van der Waals surface area contributed by atoms with E-state index in [1.165, 1.54) is 0 Å².